The number of rotatable bonds is 5. The zero-order chi connectivity index (χ0) is 15.1. The molecule has 1 amide bonds. The average Bonchev–Trinajstić information content (AvgIpc) is 3.43. The summed E-state index contributed by atoms with van der Waals surface area (Å²) in [6.07, 6.45) is 5.02. The Morgan fingerprint density at radius 3 is 2.95 bits per heavy atom. The van der Waals surface area contributed by atoms with Crippen molar-refractivity contribution in [1.82, 2.24) is 10.2 Å². The van der Waals surface area contributed by atoms with Crippen LogP contribution in [0.3, 0.4) is 0 Å². The number of carbonyl (C=O) groups is 1. The summed E-state index contributed by atoms with van der Waals surface area (Å²) in [5, 5.41) is 3.20. The van der Waals surface area contributed by atoms with Crippen LogP contribution in [0.5, 0.6) is 0 Å². The summed E-state index contributed by atoms with van der Waals surface area (Å²) in [5.74, 6) is 1.53. The van der Waals surface area contributed by atoms with E-state index in [0.29, 0.717) is 11.8 Å². The minimum absolute atomic E-state index is 0.190. The molecule has 1 aliphatic heterocycles. The maximum absolute atomic E-state index is 12.3. The standard InChI is InChI=1S/C18H23BrN2O/c19-14-3-1-2-13(8-14)16-9-17(16)18(22)20-10-12-6-7-21(11-12)15-4-5-15/h1-3,8,12,15-17H,4-7,9-11H2,(H,20,22)/t12-,16-,17+/m0/s1. The van der Waals surface area contributed by atoms with Gasteiger partial charge in [-0.3, -0.25) is 4.79 Å². The minimum atomic E-state index is 0.190. The number of carbonyl (C=O) groups excluding carboxylic acids is 1. The molecule has 0 spiro atoms. The molecule has 3 nitrogen and oxygen atoms in total. The topological polar surface area (TPSA) is 32.3 Å². The van der Waals surface area contributed by atoms with Gasteiger partial charge in [0.2, 0.25) is 5.91 Å². The van der Waals surface area contributed by atoms with Gasteiger partial charge in [-0.2, -0.15) is 0 Å². The molecule has 1 saturated heterocycles. The average molecular weight is 363 g/mol. The van der Waals surface area contributed by atoms with Crippen LogP contribution in [-0.4, -0.2) is 36.5 Å². The van der Waals surface area contributed by atoms with Crippen molar-refractivity contribution < 1.29 is 4.79 Å². The van der Waals surface area contributed by atoms with Crippen molar-refractivity contribution in [3.8, 4) is 0 Å². The molecule has 0 unspecified atom stereocenters. The van der Waals surface area contributed by atoms with Gasteiger partial charge in [0, 0.05) is 29.5 Å². The number of amides is 1. The van der Waals surface area contributed by atoms with Crippen molar-refractivity contribution in [2.75, 3.05) is 19.6 Å². The van der Waals surface area contributed by atoms with Crippen LogP contribution in [0.25, 0.3) is 0 Å². The van der Waals surface area contributed by atoms with Gasteiger partial charge in [-0.05, 0) is 61.8 Å². The maximum atomic E-state index is 12.3. The van der Waals surface area contributed by atoms with Crippen LogP contribution in [0.15, 0.2) is 28.7 Å². The molecular formula is C18H23BrN2O. The Morgan fingerprint density at radius 1 is 1.32 bits per heavy atom. The van der Waals surface area contributed by atoms with Crippen molar-refractivity contribution in [1.29, 1.82) is 0 Å². The van der Waals surface area contributed by atoms with Crippen molar-refractivity contribution in [2.45, 2.75) is 37.6 Å². The fourth-order valence-electron chi connectivity index (χ4n) is 3.77. The second-order valence-electron chi connectivity index (χ2n) is 7.13. The quantitative estimate of drug-likeness (QED) is 0.872. The van der Waals surface area contributed by atoms with Crippen molar-refractivity contribution in [2.24, 2.45) is 11.8 Å². The Labute approximate surface area is 140 Å². The molecule has 4 rings (SSSR count). The fraction of sp³-hybridized carbons (Fsp3) is 0.611. The lowest BCUT2D eigenvalue weighted by Crippen LogP contribution is -2.32. The van der Waals surface area contributed by atoms with E-state index >= 15 is 0 Å². The number of hydrogen-bond acceptors (Lipinski definition) is 2. The summed E-state index contributed by atoms with van der Waals surface area (Å²) >= 11 is 3.51. The summed E-state index contributed by atoms with van der Waals surface area (Å²) in [6, 6.07) is 9.23. The molecule has 0 bridgehead atoms. The Bertz CT molecular complexity index is 572. The van der Waals surface area contributed by atoms with Gasteiger partial charge in [-0.15, -0.1) is 0 Å². The Balaban J connectivity index is 1.24. The van der Waals surface area contributed by atoms with Crippen LogP contribution >= 0.6 is 15.9 Å². The van der Waals surface area contributed by atoms with E-state index in [0.717, 1.165) is 23.5 Å². The lowest BCUT2D eigenvalue weighted by atomic mass is 10.1. The fourth-order valence-corrected chi connectivity index (χ4v) is 4.18. The van der Waals surface area contributed by atoms with Gasteiger partial charge < -0.3 is 10.2 Å². The smallest absolute Gasteiger partial charge is 0.223 e. The Morgan fingerprint density at radius 2 is 2.18 bits per heavy atom. The number of benzene rings is 1. The normalized spacial score (nSPS) is 31.2. The number of halogens is 1. The molecule has 1 heterocycles. The van der Waals surface area contributed by atoms with Gasteiger partial charge in [-0.25, -0.2) is 0 Å². The van der Waals surface area contributed by atoms with Crippen LogP contribution in [0.2, 0.25) is 0 Å². The molecule has 22 heavy (non-hydrogen) atoms. The number of nitrogens with one attached hydrogen (secondary N) is 1. The largest absolute Gasteiger partial charge is 0.356 e. The van der Waals surface area contributed by atoms with E-state index < -0.39 is 0 Å². The third-order valence-electron chi connectivity index (χ3n) is 5.35. The predicted molar refractivity (Wildman–Crippen MR) is 90.7 cm³/mol. The molecule has 0 radical (unpaired) electrons. The molecule has 3 fully saturated rings. The minimum Gasteiger partial charge on any atom is -0.356 e. The first-order chi connectivity index (χ1) is 10.7. The highest BCUT2D eigenvalue weighted by atomic mass is 79.9. The summed E-state index contributed by atoms with van der Waals surface area (Å²) < 4.78 is 1.10. The van der Waals surface area contributed by atoms with Gasteiger partial charge in [0.1, 0.15) is 0 Å². The molecule has 2 aliphatic carbocycles. The van der Waals surface area contributed by atoms with Crippen molar-refractivity contribution in [3.05, 3.63) is 34.3 Å². The zero-order valence-corrected chi connectivity index (χ0v) is 14.4. The third-order valence-corrected chi connectivity index (χ3v) is 5.84. The van der Waals surface area contributed by atoms with E-state index in [4.69, 9.17) is 0 Å². The Kier molecular flexibility index (Phi) is 3.99. The zero-order valence-electron chi connectivity index (χ0n) is 12.8. The van der Waals surface area contributed by atoms with E-state index in [1.165, 1.54) is 37.9 Å². The molecule has 118 valence electrons. The molecule has 1 N–H and O–H groups in total. The van der Waals surface area contributed by atoms with E-state index in [9.17, 15) is 4.79 Å². The van der Waals surface area contributed by atoms with E-state index in [-0.39, 0.29) is 11.8 Å². The molecule has 3 aliphatic rings. The summed E-state index contributed by atoms with van der Waals surface area (Å²) in [7, 11) is 0. The van der Waals surface area contributed by atoms with Crippen LogP contribution in [-0.2, 0) is 4.79 Å². The van der Waals surface area contributed by atoms with Crippen molar-refractivity contribution >= 4 is 21.8 Å². The van der Waals surface area contributed by atoms with E-state index in [1.54, 1.807) is 0 Å². The second kappa shape index (κ2) is 5.97. The number of hydrogen-bond donors (Lipinski definition) is 1. The van der Waals surface area contributed by atoms with E-state index in [1.807, 2.05) is 6.07 Å². The first-order valence-electron chi connectivity index (χ1n) is 8.48. The van der Waals surface area contributed by atoms with Gasteiger partial charge in [0.05, 0.1) is 0 Å². The highest BCUT2D eigenvalue weighted by Crippen LogP contribution is 2.48. The first-order valence-corrected chi connectivity index (χ1v) is 9.27. The molecule has 4 heteroatoms. The SMILES string of the molecule is O=C(NC[C@@H]1CCN(C2CC2)C1)[C@@H]1C[C@H]1c1cccc(Br)c1. The van der Waals surface area contributed by atoms with Crippen molar-refractivity contribution in [3.63, 3.8) is 0 Å². The van der Waals surface area contributed by atoms with Gasteiger partial charge in [0.15, 0.2) is 0 Å². The van der Waals surface area contributed by atoms with E-state index in [2.05, 4.69) is 44.3 Å². The van der Waals surface area contributed by atoms with Crippen LogP contribution in [0.4, 0.5) is 0 Å². The van der Waals surface area contributed by atoms with Crippen LogP contribution < -0.4 is 5.32 Å². The monoisotopic (exact) mass is 362 g/mol. The highest BCUT2D eigenvalue weighted by molar-refractivity contribution is 9.10. The number of likely N-dealkylation sites (tertiary alicyclic amines) is 1. The first kappa shape index (κ1) is 14.7. The van der Waals surface area contributed by atoms with Gasteiger partial charge in [0.25, 0.3) is 0 Å². The molecule has 2 saturated carbocycles. The second-order valence-corrected chi connectivity index (χ2v) is 8.05. The highest BCUT2D eigenvalue weighted by Gasteiger charge is 2.44. The predicted octanol–water partition coefficient (Wildman–Crippen LogP) is 3.15. The van der Waals surface area contributed by atoms with Crippen LogP contribution in [0, 0.1) is 11.8 Å². The molecule has 1 aromatic carbocycles. The lowest BCUT2D eigenvalue weighted by Gasteiger charge is -2.15. The number of nitrogens with zero attached hydrogens (tertiary/aromatic N) is 1. The molecule has 1 aromatic rings. The summed E-state index contributed by atoms with van der Waals surface area (Å²) in [5.41, 5.74) is 1.29. The van der Waals surface area contributed by atoms with Crippen LogP contribution in [0.1, 0.15) is 37.2 Å². The van der Waals surface area contributed by atoms with Gasteiger partial charge in [-0.1, -0.05) is 28.1 Å². The molecule has 3 atom stereocenters. The lowest BCUT2D eigenvalue weighted by molar-refractivity contribution is -0.122. The Hall–Kier alpha value is -0.870. The van der Waals surface area contributed by atoms with Gasteiger partial charge >= 0.3 is 0 Å². The summed E-state index contributed by atoms with van der Waals surface area (Å²) in [4.78, 5) is 14.9. The maximum Gasteiger partial charge on any atom is 0.223 e. The summed E-state index contributed by atoms with van der Waals surface area (Å²) in [6.45, 7) is 3.28. The molecular weight excluding hydrogens is 340 g/mol. The molecule has 0 aromatic heterocycles. The third kappa shape index (κ3) is 3.23.